The minimum atomic E-state index is -0.690. The molecule has 2 amide bonds. The highest BCUT2D eigenvalue weighted by Crippen LogP contribution is 2.35. The van der Waals surface area contributed by atoms with Crippen molar-refractivity contribution in [1.82, 2.24) is 10.2 Å². The van der Waals surface area contributed by atoms with Gasteiger partial charge in [-0.15, -0.1) is 0 Å². The number of nitro groups is 1. The summed E-state index contributed by atoms with van der Waals surface area (Å²) in [7, 11) is 2.80. The molecule has 13 nitrogen and oxygen atoms in total. The standard InChI is InChI=1S/C24H36N4O9/c1-23(2,3)36-21(29)25-11-16-12-27(22(30)37-24(4,5)6)13-17(16)26-35-14-15-9-19(33-7)20(34-8)10-18(15)28(31)32/h9-10,16H,11-14H2,1-8H3,(H,25,29)/b26-17+. The highest BCUT2D eigenvalue weighted by Gasteiger charge is 2.35. The van der Waals surface area contributed by atoms with E-state index in [9.17, 15) is 19.7 Å². The van der Waals surface area contributed by atoms with Gasteiger partial charge < -0.3 is 34.0 Å². The number of rotatable bonds is 8. The zero-order valence-corrected chi connectivity index (χ0v) is 22.6. The van der Waals surface area contributed by atoms with Crippen LogP contribution in [-0.2, 0) is 20.9 Å². The number of hydrogen-bond acceptors (Lipinski definition) is 10. The van der Waals surface area contributed by atoms with E-state index < -0.39 is 28.3 Å². The summed E-state index contributed by atoms with van der Waals surface area (Å²) in [6, 6.07) is 2.69. The maximum absolute atomic E-state index is 12.6. The average Bonchev–Trinajstić information content (AvgIpc) is 3.18. The van der Waals surface area contributed by atoms with Crippen LogP contribution in [0.1, 0.15) is 47.1 Å². The Kier molecular flexibility index (Phi) is 9.54. The third-order valence-corrected chi connectivity index (χ3v) is 4.99. The van der Waals surface area contributed by atoms with Gasteiger partial charge in [0.05, 0.1) is 43.0 Å². The Morgan fingerprint density at radius 3 is 2.22 bits per heavy atom. The number of amides is 2. The smallest absolute Gasteiger partial charge is 0.410 e. The molecule has 0 spiro atoms. The van der Waals surface area contributed by atoms with Gasteiger partial charge in [0.15, 0.2) is 11.5 Å². The van der Waals surface area contributed by atoms with Crippen LogP contribution in [0, 0.1) is 16.0 Å². The van der Waals surface area contributed by atoms with Gasteiger partial charge in [-0.05, 0) is 47.6 Å². The SMILES string of the molecule is COc1cc(CO/N=C2\CN(C(=O)OC(C)(C)C)CC2CNC(=O)OC(C)(C)C)c([N+](=O)[O-])cc1OC. The van der Waals surface area contributed by atoms with Gasteiger partial charge in [0.2, 0.25) is 0 Å². The molecule has 206 valence electrons. The Morgan fingerprint density at radius 2 is 1.68 bits per heavy atom. The number of alkyl carbamates (subject to hydrolysis) is 1. The predicted molar refractivity (Wildman–Crippen MR) is 134 cm³/mol. The molecule has 0 radical (unpaired) electrons. The van der Waals surface area contributed by atoms with Crippen LogP contribution < -0.4 is 14.8 Å². The van der Waals surface area contributed by atoms with Crippen molar-refractivity contribution in [3.63, 3.8) is 0 Å². The molecule has 1 N–H and O–H groups in total. The van der Waals surface area contributed by atoms with Gasteiger partial charge in [0, 0.05) is 19.0 Å². The van der Waals surface area contributed by atoms with Gasteiger partial charge in [-0.1, -0.05) is 5.16 Å². The number of carbonyl (C=O) groups excluding carboxylic acids is 2. The number of benzene rings is 1. The fraction of sp³-hybridized carbons (Fsp3) is 0.625. The zero-order valence-electron chi connectivity index (χ0n) is 22.6. The summed E-state index contributed by atoms with van der Waals surface area (Å²) in [6.07, 6.45) is -1.14. The van der Waals surface area contributed by atoms with Gasteiger partial charge in [0.25, 0.3) is 5.69 Å². The molecule has 1 heterocycles. The fourth-order valence-electron chi connectivity index (χ4n) is 3.41. The highest BCUT2D eigenvalue weighted by molar-refractivity contribution is 5.94. The van der Waals surface area contributed by atoms with Crippen LogP contribution in [0.15, 0.2) is 17.3 Å². The molecule has 1 atom stereocenters. The van der Waals surface area contributed by atoms with Crippen molar-refractivity contribution in [2.45, 2.75) is 59.4 Å². The monoisotopic (exact) mass is 524 g/mol. The summed E-state index contributed by atoms with van der Waals surface area (Å²) >= 11 is 0. The summed E-state index contributed by atoms with van der Waals surface area (Å²) in [5.41, 5.74) is -0.897. The lowest BCUT2D eigenvalue weighted by atomic mass is 10.1. The molecular weight excluding hydrogens is 488 g/mol. The molecule has 1 aliphatic rings. The van der Waals surface area contributed by atoms with E-state index in [1.807, 2.05) is 0 Å². The molecule has 0 saturated carbocycles. The van der Waals surface area contributed by atoms with Crippen LogP contribution in [0.2, 0.25) is 0 Å². The van der Waals surface area contributed by atoms with E-state index in [-0.39, 0.29) is 49.2 Å². The van der Waals surface area contributed by atoms with Gasteiger partial charge in [0.1, 0.15) is 17.8 Å². The van der Waals surface area contributed by atoms with Crippen LogP contribution in [0.3, 0.4) is 0 Å². The molecule has 0 aliphatic carbocycles. The van der Waals surface area contributed by atoms with Gasteiger partial charge in [-0.3, -0.25) is 10.1 Å². The molecule has 0 aromatic heterocycles. The van der Waals surface area contributed by atoms with Gasteiger partial charge in [-0.2, -0.15) is 0 Å². The van der Waals surface area contributed by atoms with Gasteiger partial charge >= 0.3 is 12.2 Å². The second kappa shape index (κ2) is 12.0. The molecule has 1 aliphatic heterocycles. The molecule has 0 bridgehead atoms. The maximum atomic E-state index is 12.6. The summed E-state index contributed by atoms with van der Waals surface area (Å²) in [6.45, 7) is 10.8. The first-order valence-electron chi connectivity index (χ1n) is 11.7. The summed E-state index contributed by atoms with van der Waals surface area (Å²) < 4.78 is 21.1. The van der Waals surface area contributed by atoms with Crippen molar-refractivity contribution in [2.75, 3.05) is 33.9 Å². The Labute approximate surface area is 216 Å². The average molecular weight is 525 g/mol. The first-order valence-corrected chi connectivity index (χ1v) is 11.7. The number of nitrogens with zero attached hydrogens (tertiary/aromatic N) is 3. The van der Waals surface area contributed by atoms with E-state index in [4.69, 9.17) is 23.8 Å². The largest absolute Gasteiger partial charge is 0.493 e. The minimum absolute atomic E-state index is 0.101. The van der Waals surface area contributed by atoms with E-state index in [1.54, 1.807) is 41.5 Å². The molecule has 1 fully saturated rings. The van der Waals surface area contributed by atoms with Crippen LogP contribution in [-0.4, -0.2) is 72.8 Å². The molecular formula is C24H36N4O9. The summed E-state index contributed by atoms with van der Waals surface area (Å²) in [5.74, 6) is 0.123. The second-order valence-corrected chi connectivity index (χ2v) is 10.4. The number of likely N-dealkylation sites (tertiary alicyclic amines) is 1. The van der Waals surface area contributed by atoms with Crippen molar-refractivity contribution in [3.05, 3.63) is 27.8 Å². The number of ether oxygens (including phenoxy) is 4. The minimum Gasteiger partial charge on any atom is -0.493 e. The van der Waals surface area contributed by atoms with Crippen LogP contribution in [0.25, 0.3) is 0 Å². The number of carbonyl (C=O) groups is 2. The van der Waals surface area contributed by atoms with Crippen molar-refractivity contribution in [1.29, 1.82) is 0 Å². The van der Waals surface area contributed by atoms with E-state index in [0.29, 0.717) is 11.5 Å². The molecule has 1 saturated heterocycles. The maximum Gasteiger partial charge on any atom is 0.410 e. The zero-order chi connectivity index (χ0) is 28.0. The predicted octanol–water partition coefficient (Wildman–Crippen LogP) is 3.88. The number of oxime groups is 1. The van der Waals surface area contributed by atoms with E-state index in [1.165, 1.54) is 31.3 Å². The van der Waals surface area contributed by atoms with E-state index in [0.717, 1.165) is 0 Å². The summed E-state index contributed by atoms with van der Waals surface area (Å²) in [5, 5.41) is 18.4. The van der Waals surface area contributed by atoms with E-state index >= 15 is 0 Å². The van der Waals surface area contributed by atoms with Crippen LogP contribution >= 0.6 is 0 Å². The molecule has 1 unspecified atom stereocenters. The van der Waals surface area contributed by atoms with Crippen molar-refractivity contribution in [2.24, 2.45) is 11.1 Å². The van der Waals surface area contributed by atoms with Gasteiger partial charge in [-0.25, -0.2) is 9.59 Å². The van der Waals surface area contributed by atoms with Crippen molar-refractivity contribution < 1.29 is 38.3 Å². The molecule has 1 aromatic rings. The Morgan fingerprint density at radius 1 is 1.08 bits per heavy atom. The highest BCUT2D eigenvalue weighted by atomic mass is 16.6. The first-order chi connectivity index (χ1) is 17.1. The Hall–Kier alpha value is -3.77. The lowest BCUT2D eigenvalue weighted by molar-refractivity contribution is -0.386. The van der Waals surface area contributed by atoms with E-state index in [2.05, 4.69) is 10.5 Å². The normalized spacial score (nSPS) is 16.8. The topological polar surface area (TPSA) is 151 Å². The number of hydrogen-bond donors (Lipinski definition) is 1. The first kappa shape index (κ1) is 29.5. The third-order valence-electron chi connectivity index (χ3n) is 4.99. The molecule has 2 rings (SSSR count). The number of nitrogens with one attached hydrogen (secondary N) is 1. The molecule has 13 heteroatoms. The summed E-state index contributed by atoms with van der Waals surface area (Å²) in [4.78, 5) is 42.7. The molecule has 37 heavy (non-hydrogen) atoms. The Bertz CT molecular complexity index is 1030. The Balaban J connectivity index is 2.21. The van der Waals surface area contributed by atoms with Crippen LogP contribution in [0.4, 0.5) is 15.3 Å². The lowest BCUT2D eigenvalue weighted by Crippen LogP contribution is -2.38. The second-order valence-electron chi connectivity index (χ2n) is 10.4. The fourth-order valence-corrected chi connectivity index (χ4v) is 3.41. The number of methoxy groups -OCH3 is 2. The molecule has 1 aromatic carbocycles. The third kappa shape index (κ3) is 8.99. The quantitative estimate of drug-likeness (QED) is 0.394. The van der Waals surface area contributed by atoms with Crippen LogP contribution in [0.5, 0.6) is 11.5 Å². The van der Waals surface area contributed by atoms with Crippen molar-refractivity contribution >= 4 is 23.6 Å². The van der Waals surface area contributed by atoms with Crippen molar-refractivity contribution in [3.8, 4) is 11.5 Å². The number of nitro benzene ring substituents is 1. The lowest BCUT2D eigenvalue weighted by Gasteiger charge is -2.24.